The fraction of sp³-hybridized carbons (Fsp3) is 0.400. The highest BCUT2D eigenvalue weighted by Gasteiger charge is 2.24. The van der Waals surface area contributed by atoms with Crippen molar-refractivity contribution < 1.29 is 4.74 Å². The van der Waals surface area contributed by atoms with Gasteiger partial charge < -0.3 is 10.5 Å². The highest BCUT2D eigenvalue weighted by Crippen LogP contribution is 2.27. The minimum atomic E-state index is -0.0447. The third kappa shape index (κ3) is 4.11. The van der Waals surface area contributed by atoms with Crippen molar-refractivity contribution in [3.05, 3.63) is 65.7 Å². The molecule has 2 aromatic rings. The average Bonchev–Trinajstić information content (AvgIpc) is 2.55. The number of rotatable bonds is 7. The molecule has 0 spiro atoms. The number of hydrogen-bond acceptors (Lipinski definition) is 2. The highest BCUT2D eigenvalue weighted by molar-refractivity contribution is 5.30. The van der Waals surface area contributed by atoms with Gasteiger partial charge in [0.25, 0.3) is 0 Å². The van der Waals surface area contributed by atoms with Crippen LogP contribution >= 0.6 is 0 Å². The van der Waals surface area contributed by atoms with Crippen LogP contribution in [0.2, 0.25) is 0 Å². The molecule has 0 aliphatic heterocycles. The summed E-state index contributed by atoms with van der Waals surface area (Å²) in [6, 6.07) is 18.8. The Kier molecular flexibility index (Phi) is 5.62. The maximum Gasteiger partial charge on any atom is 0.119 e. The van der Waals surface area contributed by atoms with Crippen LogP contribution in [0.3, 0.4) is 0 Å². The maximum atomic E-state index is 6.03. The Bertz CT molecular complexity index is 579. The van der Waals surface area contributed by atoms with Gasteiger partial charge in [-0.2, -0.15) is 0 Å². The van der Waals surface area contributed by atoms with Crippen LogP contribution in [-0.2, 0) is 5.41 Å². The van der Waals surface area contributed by atoms with Crippen molar-refractivity contribution in [1.29, 1.82) is 0 Å². The lowest BCUT2D eigenvalue weighted by molar-refractivity contribution is 0.266. The van der Waals surface area contributed by atoms with Crippen molar-refractivity contribution >= 4 is 0 Å². The number of ether oxygens (including phenoxy) is 1. The quantitative estimate of drug-likeness (QED) is 0.817. The summed E-state index contributed by atoms with van der Waals surface area (Å²) in [4.78, 5) is 0. The zero-order valence-electron chi connectivity index (χ0n) is 13.9. The molecular weight excluding hydrogens is 270 g/mol. The monoisotopic (exact) mass is 297 g/mol. The van der Waals surface area contributed by atoms with Crippen molar-refractivity contribution in [3.63, 3.8) is 0 Å². The van der Waals surface area contributed by atoms with Gasteiger partial charge in [0.05, 0.1) is 6.61 Å². The Labute approximate surface area is 134 Å². The lowest BCUT2D eigenvalue weighted by Gasteiger charge is -2.28. The minimum absolute atomic E-state index is 0.0447. The highest BCUT2D eigenvalue weighted by atomic mass is 16.5. The maximum absolute atomic E-state index is 6.03. The second kappa shape index (κ2) is 7.46. The molecule has 2 heteroatoms. The first kappa shape index (κ1) is 16.6. The summed E-state index contributed by atoms with van der Waals surface area (Å²) < 4.78 is 5.96. The molecule has 0 aromatic heterocycles. The standard InChI is InChI=1S/C20H27NO/c1-16(2)17-8-7-11-19(14-17)22-13-12-20(3,15-21)18-9-5-4-6-10-18/h4-11,14,16H,12-13,15,21H2,1-3H3. The van der Waals surface area contributed by atoms with Crippen LogP contribution in [0, 0.1) is 0 Å². The topological polar surface area (TPSA) is 35.2 Å². The molecule has 0 fully saturated rings. The zero-order valence-corrected chi connectivity index (χ0v) is 13.9. The van der Waals surface area contributed by atoms with Crippen LogP contribution < -0.4 is 10.5 Å². The van der Waals surface area contributed by atoms with E-state index in [0.717, 1.165) is 12.2 Å². The summed E-state index contributed by atoms with van der Waals surface area (Å²) in [5, 5.41) is 0. The molecule has 22 heavy (non-hydrogen) atoms. The molecule has 2 rings (SSSR count). The van der Waals surface area contributed by atoms with E-state index in [-0.39, 0.29) is 5.41 Å². The molecular formula is C20H27NO. The van der Waals surface area contributed by atoms with E-state index in [1.807, 2.05) is 12.1 Å². The molecule has 0 aliphatic carbocycles. The Morgan fingerprint density at radius 2 is 1.77 bits per heavy atom. The second-order valence-electron chi connectivity index (χ2n) is 6.46. The fourth-order valence-electron chi connectivity index (χ4n) is 2.56. The number of nitrogens with two attached hydrogens (primary N) is 1. The summed E-state index contributed by atoms with van der Waals surface area (Å²) in [5.41, 5.74) is 8.56. The van der Waals surface area contributed by atoms with E-state index in [0.29, 0.717) is 19.1 Å². The average molecular weight is 297 g/mol. The molecule has 1 atom stereocenters. The summed E-state index contributed by atoms with van der Waals surface area (Å²) in [5.74, 6) is 1.46. The van der Waals surface area contributed by atoms with Crippen molar-refractivity contribution in [1.82, 2.24) is 0 Å². The van der Waals surface area contributed by atoms with Gasteiger partial charge in [-0.05, 0) is 35.6 Å². The molecule has 2 aromatic carbocycles. The van der Waals surface area contributed by atoms with Crippen molar-refractivity contribution in [2.45, 2.75) is 38.5 Å². The van der Waals surface area contributed by atoms with Crippen molar-refractivity contribution in [2.75, 3.05) is 13.2 Å². The van der Waals surface area contributed by atoms with Crippen LogP contribution in [0.4, 0.5) is 0 Å². The van der Waals surface area contributed by atoms with E-state index in [4.69, 9.17) is 10.5 Å². The smallest absolute Gasteiger partial charge is 0.119 e. The van der Waals surface area contributed by atoms with Crippen LogP contribution in [0.1, 0.15) is 44.2 Å². The Morgan fingerprint density at radius 3 is 2.41 bits per heavy atom. The molecule has 118 valence electrons. The molecule has 0 aliphatic rings. The van der Waals surface area contributed by atoms with E-state index in [9.17, 15) is 0 Å². The molecule has 0 saturated heterocycles. The summed E-state index contributed by atoms with van der Waals surface area (Å²) in [7, 11) is 0. The lowest BCUT2D eigenvalue weighted by Crippen LogP contribution is -2.33. The van der Waals surface area contributed by atoms with Gasteiger partial charge in [0.2, 0.25) is 0 Å². The number of benzene rings is 2. The van der Waals surface area contributed by atoms with Gasteiger partial charge in [0.1, 0.15) is 5.75 Å². The van der Waals surface area contributed by atoms with Crippen molar-refractivity contribution in [2.24, 2.45) is 5.73 Å². The molecule has 0 amide bonds. The normalized spacial score (nSPS) is 13.9. The van der Waals surface area contributed by atoms with Gasteiger partial charge in [-0.3, -0.25) is 0 Å². The third-order valence-corrected chi connectivity index (χ3v) is 4.37. The Hall–Kier alpha value is -1.80. The first-order valence-corrected chi connectivity index (χ1v) is 8.03. The van der Waals surface area contributed by atoms with Gasteiger partial charge in [-0.15, -0.1) is 0 Å². The van der Waals surface area contributed by atoms with Gasteiger partial charge in [-0.25, -0.2) is 0 Å². The molecule has 0 saturated carbocycles. The van der Waals surface area contributed by atoms with E-state index in [1.54, 1.807) is 0 Å². The molecule has 1 unspecified atom stereocenters. The van der Waals surface area contributed by atoms with Gasteiger partial charge >= 0.3 is 0 Å². The SMILES string of the molecule is CC(C)c1cccc(OCCC(C)(CN)c2ccccc2)c1. The minimum Gasteiger partial charge on any atom is -0.494 e. The first-order chi connectivity index (χ1) is 10.5. The van der Waals surface area contributed by atoms with Crippen molar-refractivity contribution in [3.8, 4) is 5.75 Å². The van der Waals surface area contributed by atoms with Crippen LogP contribution in [0.5, 0.6) is 5.75 Å². The van der Waals surface area contributed by atoms with Gasteiger partial charge in [0.15, 0.2) is 0 Å². The van der Waals surface area contributed by atoms with E-state index < -0.39 is 0 Å². The summed E-state index contributed by atoms with van der Waals surface area (Å²) >= 11 is 0. The fourth-order valence-corrected chi connectivity index (χ4v) is 2.56. The van der Waals surface area contributed by atoms with Gasteiger partial charge in [0, 0.05) is 12.0 Å². The zero-order chi connectivity index (χ0) is 16.0. The predicted molar refractivity (Wildman–Crippen MR) is 93.5 cm³/mol. The predicted octanol–water partition coefficient (Wildman–Crippen LogP) is 4.50. The molecule has 0 heterocycles. The Morgan fingerprint density at radius 1 is 1.05 bits per heavy atom. The molecule has 2 N–H and O–H groups in total. The lowest BCUT2D eigenvalue weighted by atomic mass is 9.80. The van der Waals surface area contributed by atoms with Gasteiger partial charge in [-0.1, -0.05) is 63.2 Å². The van der Waals surface area contributed by atoms with E-state index >= 15 is 0 Å². The summed E-state index contributed by atoms with van der Waals surface area (Å²) in [6.07, 6.45) is 0.902. The van der Waals surface area contributed by atoms with E-state index in [1.165, 1.54) is 11.1 Å². The van der Waals surface area contributed by atoms with E-state index in [2.05, 4.69) is 63.2 Å². The van der Waals surface area contributed by atoms with Crippen LogP contribution in [-0.4, -0.2) is 13.2 Å². The largest absolute Gasteiger partial charge is 0.494 e. The summed E-state index contributed by atoms with van der Waals surface area (Å²) in [6.45, 7) is 7.88. The third-order valence-electron chi connectivity index (χ3n) is 4.37. The molecule has 0 radical (unpaired) electrons. The molecule has 2 nitrogen and oxygen atoms in total. The number of hydrogen-bond donors (Lipinski definition) is 1. The molecule has 0 bridgehead atoms. The second-order valence-corrected chi connectivity index (χ2v) is 6.46. The van der Waals surface area contributed by atoms with Crippen LogP contribution in [0.25, 0.3) is 0 Å². The first-order valence-electron chi connectivity index (χ1n) is 8.03. The van der Waals surface area contributed by atoms with Crippen LogP contribution in [0.15, 0.2) is 54.6 Å². The Balaban J connectivity index is 1.98.